The lowest BCUT2D eigenvalue weighted by molar-refractivity contribution is -0.171. The number of nitrogens with one attached hydrogen (secondary N) is 1. The molecule has 1 fully saturated rings. The molecule has 0 saturated carbocycles. The van der Waals surface area contributed by atoms with Crippen LogP contribution in [0.15, 0.2) is 60.8 Å². The number of benzene rings is 2. The number of hydrogen-bond acceptors (Lipinski definition) is 9. The molecule has 0 radical (unpaired) electrons. The Morgan fingerprint density at radius 2 is 1.48 bits per heavy atom. The second-order valence-electron chi connectivity index (χ2n) is 15.1. The molecule has 5 amide bonds. The van der Waals surface area contributed by atoms with Crippen molar-refractivity contribution in [1.29, 1.82) is 0 Å². The number of nitrogens with zero attached hydrogens (tertiary/aromatic N) is 3. The summed E-state index contributed by atoms with van der Waals surface area (Å²) in [5.74, 6) is -1.89. The van der Waals surface area contributed by atoms with Crippen LogP contribution in [0.2, 0.25) is 0 Å². The zero-order valence-electron chi connectivity index (χ0n) is 31.7. The lowest BCUT2D eigenvalue weighted by atomic mass is 9.81. The van der Waals surface area contributed by atoms with Crippen LogP contribution in [0.25, 0.3) is 0 Å². The van der Waals surface area contributed by atoms with E-state index in [9.17, 15) is 24.0 Å². The molecule has 1 saturated heterocycles. The van der Waals surface area contributed by atoms with Crippen molar-refractivity contribution in [3.8, 4) is 5.75 Å². The Hall–Kier alpha value is -5.26. The first-order valence-corrected chi connectivity index (χ1v) is 17.3. The van der Waals surface area contributed by atoms with Gasteiger partial charge in [-0.15, -0.1) is 0 Å². The number of aryl methyl sites for hydroxylation is 2. The Morgan fingerprint density at radius 3 is 2.02 bits per heavy atom. The SMILES string of the molecule is COc1cc(C)c(CNC(=O)[C@@H]2C(Cc3ccnc(N(C(=O)OC(C)(C)C)C(=O)OC(C)(C)C)c3)C(=O)N2C(=O)C[C@H](C)c2ccccc2)c(C)c1. The van der Waals surface area contributed by atoms with Crippen LogP contribution in [-0.4, -0.2) is 64.1 Å². The number of hydrogen-bond donors (Lipinski definition) is 1. The minimum absolute atomic E-state index is 0.0293. The third kappa shape index (κ3) is 9.74. The van der Waals surface area contributed by atoms with Crippen LogP contribution in [0.5, 0.6) is 5.75 Å². The highest BCUT2D eigenvalue weighted by atomic mass is 16.6. The maximum Gasteiger partial charge on any atom is 0.425 e. The van der Waals surface area contributed by atoms with Crippen LogP contribution in [0.1, 0.15) is 88.6 Å². The van der Waals surface area contributed by atoms with Crippen LogP contribution >= 0.6 is 0 Å². The normalized spacial score (nSPS) is 16.3. The second kappa shape index (κ2) is 16.0. The number of amides is 5. The number of aromatic nitrogens is 1. The smallest absolute Gasteiger partial charge is 0.425 e. The molecule has 3 aromatic rings. The van der Waals surface area contributed by atoms with Crippen molar-refractivity contribution in [1.82, 2.24) is 15.2 Å². The van der Waals surface area contributed by atoms with Crippen LogP contribution in [0.4, 0.5) is 15.4 Å². The maximum atomic E-state index is 14.0. The fraction of sp³-hybridized carbons (Fsp3) is 0.450. The molecule has 1 N–H and O–H groups in total. The summed E-state index contributed by atoms with van der Waals surface area (Å²) in [6, 6.07) is 15.3. The molecular formula is C40H50N4O8. The van der Waals surface area contributed by atoms with Crippen molar-refractivity contribution in [3.63, 3.8) is 0 Å². The van der Waals surface area contributed by atoms with Crippen molar-refractivity contribution >= 4 is 35.7 Å². The van der Waals surface area contributed by atoms with Crippen molar-refractivity contribution < 1.29 is 38.2 Å². The lowest BCUT2D eigenvalue weighted by Gasteiger charge is -2.45. The van der Waals surface area contributed by atoms with E-state index in [4.69, 9.17) is 14.2 Å². The molecule has 1 aliphatic rings. The summed E-state index contributed by atoms with van der Waals surface area (Å²) in [6.45, 7) is 15.9. The van der Waals surface area contributed by atoms with E-state index in [0.29, 0.717) is 16.2 Å². The zero-order chi connectivity index (χ0) is 38.5. The number of β-lactam (4-membered cyclic amide) rings is 1. The van der Waals surface area contributed by atoms with Gasteiger partial charge in [0.05, 0.1) is 13.0 Å². The van der Waals surface area contributed by atoms with Gasteiger partial charge in [0, 0.05) is 19.2 Å². The van der Waals surface area contributed by atoms with Gasteiger partial charge < -0.3 is 19.5 Å². The number of carbonyl (C=O) groups is 5. The Kier molecular flexibility index (Phi) is 12.1. The van der Waals surface area contributed by atoms with E-state index in [1.165, 1.54) is 12.3 Å². The highest BCUT2D eigenvalue weighted by Gasteiger charge is 2.54. The van der Waals surface area contributed by atoms with Crippen LogP contribution in [-0.2, 0) is 36.8 Å². The predicted molar refractivity (Wildman–Crippen MR) is 196 cm³/mol. The van der Waals surface area contributed by atoms with Crippen molar-refractivity contribution in [2.75, 3.05) is 12.0 Å². The van der Waals surface area contributed by atoms with Gasteiger partial charge in [-0.2, -0.15) is 4.90 Å². The van der Waals surface area contributed by atoms with Gasteiger partial charge in [-0.05, 0) is 120 Å². The quantitative estimate of drug-likeness (QED) is 0.225. The second-order valence-corrected chi connectivity index (χ2v) is 15.1. The molecule has 52 heavy (non-hydrogen) atoms. The standard InChI is InChI=1S/C40H50N4O8/c1-24(28-14-12-11-13-15-28)20-33(45)44-34(35(46)42-23-31-25(2)18-29(50-10)19-26(31)3)30(36(44)47)21-27-16-17-41-32(22-27)43(37(48)51-39(4,5)6)38(49)52-40(7,8)9/h11-19,22,24,30,34H,20-21,23H2,1-10H3,(H,42,46)/t24-,30?,34-/m0/s1. The highest BCUT2D eigenvalue weighted by Crippen LogP contribution is 2.34. The molecule has 0 aliphatic carbocycles. The van der Waals surface area contributed by atoms with Crippen LogP contribution < -0.4 is 15.0 Å². The van der Waals surface area contributed by atoms with Gasteiger partial charge in [0.2, 0.25) is 17.7 Å². The average Bonchev–Trinajstić information content (AvgIpc) is 3.04. The number of methoxy groups -OCH3 is 1. The molecule has 0 bridgehead atoms. The largest absolute Gasteiger partial charge is 0.497 e. The molecule has 1 aliphatic heterocycles. The summed E-state index contributed by atoms with van der Waals surface area (Å²) in [7, 11) is 1.59. The zero-order valence-corrected chi connectivity index (χ0v) is 31.7. The average molecular weight is 715 g/mol. The van der Waals surface area contributed by atoms with E-state index in [1.807, 2.05) is 63.2 Å². The Morgan fingerprint density at radius 1 is 0.904 bits per heavy atom. The van der Waals surface area contributed by atoms with E-state index in [0.717, 1.165) is 27.2 Å². The van der Waals surface area contributed by atoms with Gasteiger partial charge in [-0.25, -0.2) is 14.6 Å². The van der Waals surface area contributed by atoms with Gasteiger partial charge in [0.15, 0.2) is 0 Å². The van der Waals surface area contributed by atoms with E-state index in [-0.39, 0.29) is 31.1 Å². The van der Waals surface area contributed by atoms with Crippen molar-refractivity contribution in [2.24, 2.45) is 5.92 Å². The van der Waals surface area contributed by atoms with Crippen molar-refractivity contribution in [2.45, 2.75) is 105 Å². The van der Waals surface area contributed by atoms with E-state index >= 15 is 0 Å². The first-order chi connectivity index (χ1) is 24.3. The van der Waals surface area contributed by atoms with Gasteiger partial charge in [0.25, 0.3) is 0 Å². The first kappa shape index (κ1) is 39.5. The van der Waals surface area contributed by atoms with Crippen molar-refractivity contribution in [3.05, 3.63) is 88.6 Å². The fourth-order valence-corrected chi connectivity index (χ4v) is 6.06. The number of likely N-dealkylation sites (tertiary alicyclic amines) is 1. The molecule has 2 aromatic carbocycles. The molecule has 2 heterocycles. The summed E-state index contributed by atoms with van der Waals surface area (Å²) >= 11 is 0. The van der Waals surface area contributed by atoms with Gasteiger partial charge in [0.1, 0.15) is 28.8 Å². The van der Waals surface area contributed by atoms with E-state index in [2.05, 4.69) is 10.3 Å². The Bertz CT molecular complexity index is 1760. The number of imide groups is 2. The number of ether oxygens (including phenoxy) is 3. The summed E-state index contributed by atoms with van der Waals surface area (Å²) < 4.78 is 16.4. The molecule has 0 spiro atoms. The third-order valence-corrected chi connectivity index (χ3v) is 8.59. The van der Waals surface area contributed by atoms with Gasteiger partial charge >= 0.3 is 12.2 Å². The highest BCUT2D eigenvalue weighted by molar-refractivity contribution is 6.10. The molecule has 12 heteroatoms. The summed E-state index contributed by atoms with van der Waals surface area (Å²) in [5, 5.41) is 2.96. The molecule has 12 nitrogen and oxygen atoms in total. The number of rotatable bonds is 10. The fourth-order valence-electron chi connectivity index (χ4n) is 6.06. The monoisotopic (exact) mass is 714 g/mol. The van der Waals surface area contributed by atoms with E-state index < -0.39 is 53.1 Å². The molecule has 1 unspecified atom stereocenters. The minimum atomic E-state index is -1.09. The summed E-state index contributed by atoms with van der Waals surface area (Å²) in [5.41, 5.74) is 2.34. The molecule has 1 aromatic heterocycles. The Balaban J connectivity index is 1.63. The third-order valence-electron chi connectivity index (χ3n) is 8.59. The van der Waals surface area contributed by atoms with Crippen LogP contribution in [0.3, 0.4) is 0 Å². The number of carbonyl (C=O) groups excluding carboxylic acids is 5. The number of pyridine rings is 1. The molecule has 4 rings (SSSR count). The summed E-state index contributed by atoms with van der Waals surface area (Å²) in [6.07, 6.45) is -0.525. The van der Waals surface area contributed by atoms with Gasteiger partial charge in [-0.3, -0.25) is 19.3 Å². The molecule has 278 valence electrons. The molecular weight excluding hydrogens is 664 g/mol. The lowest BCUT2D eigenvalue weighted by Crippen LogP contribution is -2.68. The molecule has 3 atom stereocenters. The van der Waals surface area contributed by atoms with Gasteiger partial charge in [-0.1, -0.05) is 37.3 Å². The number of anilines is 1. The predicted octanol–water partition coefficient (Wildman–Crippen LogP) is 6.79. The van der Waals surface area contributed by atoms with Crippen LogP contribution in [0, 0.1) is 19.8 Å². The maximum absolute atomic E-state index is 14.0. The summed E-state index contributed by atoms with van der Waals surface area (Å²) in [4.78, 5) is 74.0. The minimum Gasteiger partial charge on any atom is -0.497 e. The van der Waals surface area contributed by atoms with E-state index in [1.54, 1.807) is 54.7 Å². The first-order valence-electron chi connectivity index (χ1n) is 17.3. The Labute approximate surface area is 305 Å². The topological polar surface area (TPSA) is 144 Å².